The molecule has 2 heterocycles. The van der Waals surface area contributed by atoms with Crippen molar-refractivity contribution < 1.29 is 9.84 Å². The maximum atomic E-state index is 10.4. The summed E-state index contributed by atoms with van der Waals surface area (Å²) in [4.78, 5) is 1.78. The molecule has 1 aliphatic rings. The number of ether oxygens (including phenoxy) is 1. The minimum Gasteiger partial charge on any atom is -0.383 e. The summed E-state index contributed by atoms with van der Waals surface area (Å²) < 4.78 is 5.26. The summed E-state index contributed by atoms with van der Waals surface area (Å²) >= 11 is 1.47. The van der Waals surface area contributed by atoms with E-state index >= 15 is 0 Å². The molecule has 2 aromatic rings. The number of nitrogens with zero attached hydrogens (tertiary/aromatic N) is 1. The van der Waals surface area contributed by atoms with Crippen molar-refractivity contribution in [2.75, 3.05) is 13.2 Å². The van der Waals surface area contributed by atoms with Crippen LogP contribution < -0.4 is 0 Å². The maximum Gasteiger partial charge on any atom is 0.115 e. The molecule has 4 heteroatoms. The van der Waals surface area contributed by atoms with Crippen LogP contribution in [0.3, 0.4) is 0 Å². The van der Waals surface area contributed by atoms with E-state index < -0.39 is 5.60 Å². The van der Waals surface area contributed by atoms with E-state index in [0.717, 1.165) is 16.0 Å². The third kappa shape index (κ3) is 2.28. The summed E-state index contributed by atoms with van der Waals surface area (Å²) in [5.41, 5.74) is 1.12. The summed E-state index contributed by atoms with van der Waals surface area (Å²) in [6.07, 6.45) is 0.643. The van der Waals surface area contributed by atoms with Crippen molar-refractivity contribution in [2.45, 2.75) is 12.0 Å². The Kier molecular flexibility index (Phi) is 3.11. The van der Waals surface area contributed by atoms with Gasteiger partial charge in [0.15, 0.2) is 0 Å². The quantitative estimate of drug-likeness (QED) is 0.913. The molecular formula is C15H13NO2S. The first-order chi connectivity index (χ1) is 9.21. The second kappa shape index (κ2) is 4.78. The van der Waals surface area contributed by atoms with E-state index in [1.807, 2.05) is 36.4 Å². The van der Waals surface area contributed by atoms with Crippen LogP contribution in [0.2, 0.25) is 0 Å². The van der Waals surface area contributed by atoms with Crippen LogP contribution in [-0.2, 0) is 10.3 Å². The Morgan fingerprint density at radius 3 is 2.58 bits per heavy atom. The molecule has 0 radical (unpaired) electrons. The van der Waals surface area contributed by atoms with E-state index in [2.05, 4.69) is 6.07 Å². The van der Waals surface area contributed by atoms with Crippen molar-refractivity contribution in [3.05, 3.63) is 46.8 Å². The van der Waals surface area contributed by atoms with Gasteiger partial charge in [0.1, 0.15) is 16.5 Å². The first-order valence-electron chi connectivity index (χ1n) is 6.12. The normalized spacial score (nSPS) is 22.3. The molecule has 1 N–H and O–H groups in total. The lowest BCUT2D eigenvalue weighted by molar-refractivity contribution is 0.0232. The Morgan fingerprint density at radius 1 is 1.21 bits per heavy atom. The number of rotatable bonds is 2. The van der Waals surface area contributed by atoms with Crippen LogP contribution in [0.1, 0.15) is 16.9 Å². The summed E-state index contributed by atoms with van der Waals surface area (Å²) in [7, 11) is 0. The van der Waals surface area contributed by atoms with Crippen molar-refractivity contribution >= 4 is 11.3 Å². The van der Waals surface area contributed by atoms with Gasteiger partial charge in [-0.25, -0.2) is 0 Å². The molecule has 1 atom stereocenters. The maximum absolute atomic E-state index is 10.4. The van der Waals surface area contributed by atoms with E-state index in [-0.39, 0.29) is 0 Å². The van der Waals surface area contributed by atoms with Crippen molar-refractivity contribution in [3.63, 3.8) is 0 Å². The van der Waals surface area contributed by atoms with Gasteiger partial charge in [-0.15, -0.1) is 11.3 Å². The monoisotopic (exact) mass is 271 g/mol. The molecule has 0 amide bonds. The number of nitriles is 1. The third-order valence-electron chi connectivity index (χ3n) is 3.42. The van der Waals surface area contributed by atoms with Gasteiger partial charge < -0.3 is 9.84 Å². The molecular weight excluding hydrogens is 258 g/mol. The number of benzene rings is 1. The van der Waals surface area contributed by atoms with Gasteiger partial charge in [0.25, 0.3) is 0 Å². The zero-order valence-corrected chi connectivity index (χ0v) is 11.1. The summed E-state index contributed by atoms with van der Waals surface area (Å²) in [5.74, 6) is 0. The van der Waals surface area contributed by atoms with E-state index in [0.29, 0.717) is 24.5 Å². The van der Waals surface area contributed by atoms with Crippen molar-refractivity contribution in [1.82, 2.24) is 0 Å². The molecule has 1 unspecified atom stereocenters. The Hall–Kier alpha value is -1.67. The molecule has 0 spiro atoms. The van der Waals surface area contributed by atoms with E-state index in [1.54, 1.807) is 0 Å². The van der Waals surface area contributed by atoms with Gasteiger partial charge in [0, 0.05) is 17.9 Å². The third-order valence-corrected chi connectivity index (χ3v) is 4.46. The van der Waals surface area contributed by atoms with Gasteiger partial charge in [0.2, 0.25) is 0 Å². The minimum absolute atomic E-state index is 0.365. The predicted molar refractivity (Wildman–Crippen MR) is 73.8 cm³/mol. The van der Waals surface area contributed by atoms with Crippen LogP contribution in [0.5, 0.6) is 0 Å². The Morgan fingerprint density at radius 2 is 2.00 bits per heavy atom. The highest BCUT2D eigenvalue weighted by atomic mass is 32.1. The largest absolute Gasteiger partial charge is 0.383 e. The lowest BCUT2D eigenvalue weighted by Crippen LogP contribution is -2.25. The average Bonchev–Trinajstić information content (AvgIpc) is 3.08. The molecule has 0 saturated carbocycles. The highest BCUT2D eigenvalue weighted by Crippen LogP contribution is 2.33. The molecule has 1 saturated heterocycles. The van der Waals surface area contributed by atoms with Gasteiger partial charge in [-0.3, -0.25) is 0 Å². The smallest absolute Gasteiger partial charge is 0.115 e. The van der Waals surface area contributed by atoms with Crippen molar-refractivity contribution in [1.29, 1.82) is 5.26 Å². The highest BCUT2D eigenvalue weighted by molar-refractivity contribution is 7.16. The molecule has 3 nitrogen and oxygen atoms in total. The number of hydrogen-bond donors (Lipinski definition) is 1. The topological polar surface area (TPSA) is 53.2 Å². The molecule has 0 bridgehead atoms. The Balaban J connectivity index is 1.88. The standard InChI is InChI=1S/C15H13NO2S/c16-9-13-5-6-14(19-13)11-1-3-12(4-2-11)15(17)7-8-18-10-15/h1-6,17H,7-8,10H2. The molecule has 3 rings (SSSR count). The van der Waals surface area contributed by atoms with Gasteiger partial charge in [-0.2, -0.15) is 5.26 Å². The van der Waals surface area contributed by atoms with Crippen LogP contribution in [0, 0.1) is 11.3 Å². The lowest BCUT2D eigenvalue weighted by Gasteiger charge is -2.20. The average molecular weight is 271 g/mol. The summed E-state index contributed by atoms with van der Waals surface area (Å²) in [6, 6.07) is 13.8. The van der Waals surface area contributed by atoms with Crippen LogP contribution in [0.25, 0.3) is 10.4 Å². The van der Waals surface area contributed by atoms with Crippen LogP contribution in [0.15, 0.2) is 36.4 Å². The van der Waals surface area contributed by atoms with Crippen LogP contribution >= 0.6 is 11.3 Å². The number of aliphatic hydroxyl groups is 1. The molecule has 19 heavy (non-hydrogen) atoms. The lowest BCUT2D eigenvalue weighted by atomic mass is 9.92. The van der Waals surface area contributed by atoms with Crippen molar-refractivity contribution in [2.24, 2.45) is 0 Å². The molecule has 1 aromatic heterocycles. The fourth-order valence-corrected chi connectivity index (χ4v) is 3.09. The van der Waals surface area contributed by atoms with Crippen molar-refractivity contribution in [3.8, 4) is 16.5 Å². The Bertz CT molecular complexity index is 618. The minimum atomic E-state index is -0.841. The molecule has 1 aliphatic heterocycles. The van der Waals surface area contributed by atoms with Crippen LogP contribution in [-0.4, -0.2) is 18.3 Å². The van der Waals surface area contributed by atoms with Crippen LogP contribution in [0.4, 0.5) is 0 Å². The molecule has 0 aliphatic carbocycles. The predicted octanol–water partition coefficient (Wildman–Crippen LogP) is 2.89. The molecule has 1 fully saturated rings. The summed E-state index contributed by atoms with van der Waals surface area (Å²) in [6.45, 7) is 0.971. The first kappa shape index (κ1) is 12.4. The SMILES string of the molecule is N#Cc1ccc(-c2ccc(C3(O)CCOC3)cc2)s1. The molecule has 96 valence electrons. The molecule has 1 aromatic carbocycles. The zero-order valence-electron chi connectivity index (χ0n) is 10.3. The van der Waals surface area contributed by atoms with E-state index in [1.165, 1.54) is 11.3 Å². The Labute approximate surface area is 115 Å². The number of thiophene rings is 1. The zero-order chi connectivity index (χ0) is 13.3. The fraction of sp³-hybridized carbons (Fsp3) is 0.267. The summed E-state index contributed by atoms with van der Waals surface area (Å²) in [5, 5.41) is 19.2. The van der Waals surface area contributed by atoms with E-state index in [9.17, 15) is 5.11 Å². The van der Waals surface area contributed by atoms with Gasteiger partial charge in [-0.05, 0) is 23.3 Å². The van der Waals surface area contributed by atoms with Gasteiger partial charge in [0.05, 0.1) is 6.61 Å². The fourth-order valence-electron chi connectivity index (χ4n) is 2.28. The first-order valence-corrected chi connectivity index (χ1v) is 6.94. The second-order valence-corrected chi connectivity index (χ2v) is 5.77. The van der Waals surface area contributed by atoms with E-state index in [4.69, 9.17) is 10.00 Å². The number of hydrogen-bond acceptors (Lipinski definition) is 4. The van der Waals surface area contributed by atoms with Gasteiger partial charge >= 0.3 is 0 Å². The highest BCUT2D eigenvalue weighted by Gasteiger charge is 2.33. The second-order valence-electron chi connectivity index (χ2n) is 4.69. The van der Waals surface area contributed by atoms with Gasteiger partial charge in [-0.1, -0.05) is 24.3 Å².